The molecule has 0 aliphatic carbocycles. The molecule has 2 aromatic rings. The second-order valence-electron chi connectivity index (χ2n) is 3.55. The van der Waals surface area contributed by atoms with E-state index in [1.165, 1.54) is 9.75 Å². The Labute approximate surface area is 108 Å². The summed E-state index contributed by atoms with van der Waals surface area (Å²) in [4.78, 5) is 6.99. The Morgan fingerprint density at radius 2 is 2.06 bits per heavy atom. The molecule has 0 bridgehead atoms. The quantitative estimate of drug-likeness (QED) is 0.917. The maximum atomic E-state index is 5.87. The molecule has 0 amide bonds. The molecule has 0 unspecified atom stereocenters. The molecule has 2 aromatic heterocycles. The van der Waals surface area contributed by atoms with Crippen LogP contribution in [0.1, 0.15) is 20.5 Å². The monoisotopic (exact) mass is 272 g/mol. The summed E-state index contributed by atoms with van der Waals surface area (Å²) in [5.41, 5.74) is 1.14. The van der Waals surface area contributed by atoms with Crippen LogP contribution in [0.3, 0.4) is 0 Å². The van der Waals surface area contributed by atoms with Crippen LogP contribution >= 0.6 is 34.3 Å². The van der Waals surface area contributed by atoms with Gasteiger partial charge in [0.15, 0.2) is 0 Å². The summed E-state index contributed by atoms with van der Waals surface area (Å²) >= 11 is 9.25. The fraction of sp³-hybridized carbons (Fsp3) is 0.364. The number of thiophene rings is 1. The van der Waals surface area contributed by atoms with Gasteiger partial charge in [-0.05, 0) is 26.0 Å². The van der Waals surface area contributed by atoms with Crippen LogP contribution in [0, 0.1) is 13.8 Å². The van der Waals surface area contributed by atoms with Gasteiger partial charge >= 0.3 is 0 Å². The van der Waals surface area contributed by atoms with Gasteiger partial charge in [-0.1, -0.05) is 11.6 Å². The van der Waals surface area contributed by atoms with Crippen LogP contribution in [0.25, 0.3) is 0 Å². The lowest BCUT2D eigenvalue weighted by Gasteiger charge is -2.00. The van der Waals surface area contributed by atoms with E-state index < -0.39 is 0 Å². The van der Waals surface area contributed by atoms with Gasteiger partial charge in [-0.15, -0.1) is 22.7 Å². The number of aromatic nitrogens is 1. The number of halogens is 1. The van der Waals surface area contributed by atoms with Crippen molar-refractivity contribution in [1.82, 2.24) is 10.3 Å². The smallest absolute Gasteiger partial charge is 0.0931 e. The zero-order valence-electron chi connectivity index (χ0n) is 9.21. The lowest BCUT2D eigenvalue weighted by molar-refractivity contribution is 0.705. The van der Waals surface area contributed by atoms with Crippen LogP contribution in [-0.4, -0.2) is 4.98 Å². The van der Waals surface area contributed by atoms with Gasteiger partial charge in [-0.25, -0.2) is 4.98 Å². The van der Waals surface area contributed by atoms with Gasteiger partial charge < -0.3 is 5.32 Å². The molecule has 86 valence electrons. The Morgan fingerprint density at radius 3 is 2.62 bits per heavy atom. The van der Waals surface area contributed by atoms with Gasteiger partial charge in [0, 0.05) is 22.8 Å². The van der Waals surface area contributed by atoms with E-state index in [9.17, 15) is 0 Å². The Morgan fingerprint density at radius 1 is 1.25 bits per heavy atom. The summed E-state index contributed by atoms with van der Waals surface area (Å²) in [5.74, 6) is 0. The van der Waals surface area contributed by atoms with E-state index in [0.717, 1.165) is 28.1 Å². The molecule has 0 spiro atoms. The lowest BCUT2D eigenvalue weighted by atomic mass is 10.4. The average Bonchev–Trinajstić information content (AvgIpc) is 2.74. The van der Waals surface area contributed by atoms with Gasteiger partial charge in [0.05, 0.1) is 15.0 Å². The third-order valence-electron chi connectivity index (χ3n) is 2.21. The number of thiazole rings is 1. The number of nitrogens with zero attached hydrogens (tertiary/aromatic N) is 1. The third-order valence-corrected chi connectivity index (χ3v) is 4.52. The summed E-state index contributed by atoms with van der Waals surface area (Å²) in [6, 6.07) is 4.00. The number of nitrogens with one attached hydrogen (secondary N) is 1. The van der Waals surface area contributed by atoms with E-state index >= 15 is 0 Å². The molecule has 0 radical (unpaired) electrons. The van der Waals surface area contributed by atoms with Crippen LogP contribution in [0.2, 0.25) is 4.34 Å². The minimum Gasteiger partial charge on any atom is -0.307 e. The Balaban J connectivity index is 1.86. The summed E-state index contributed by atoms with van der Waals surface area (Å²) in [6.45, 7) is 5.85. The van der Waals surface area contributed by atoms with E-state index in [0.29, 0.717) is 0 Å². The SMILES string of the molecule is Cc1nc(C)c(CNCc2ccc(Cl)s2)s1. The number of hydrogen-bond donors (Lipinski definition) is 1. The Hall–Kier alpha value is -0.420. The molecule has 0 aliphatic heterocycles. The van der Waals surface area contributed by atoms with Crippen molar-refractivity contribution >= 4 is 34.3 Å². The first-order valence-electron chi connectivity index (χ1n) is 5.03. The van der Waals surface area contributed by atoms with Crippen LogP contribution in [0.15, 0.2) is 12.1 Å². The maximum absolute atomic E-state index is 5.87. The topological polar surface area (TPSA) is 24.9 Å². The van der Waals surface area contributed by atoms with Gasteiger partial charge in [-0.2, -0.15) is 0 Å². The summed E-state index contributed by atoms with van der Waals surface area (Å²) in [5, 5.41) is 4.54. The first kappa shape index (κ1) is 12.0. The largest absolute Gasteiger partial charge is 0.307 e. The van der Waals surface area contributed by atoms with Crippen molar-refractivity contribution in [1.29, 1.82) is 0 Å². The van der Waals surface area contributed by atoms with Crippen molar-refractivity contribution in [2.24, 2.45) is 0 Å². The second-order valence-corrected chi connectivity index (χ2v) is 6.64. The molecular formula is C11H13ClN2S2. The number of hydrogen-bond acceptors (Lipinski definition) is 4. The fourth-order valence-corrected chi connectivity index (χ4v) is 3.45. The minimum absolute atomic E-state index is 0.849. The number of rotatable bonds is 4. The van der Waals surface area contributed by atoms with Crippen molar-refractivity contribution in [3.8, 4) is 0 Å². The highest BCUT2D eigenvalue weighted by Crippen LogP contribution is 2.21. The molecule has 0 saturated carbocycles. The lowest BCUT2D eigenvalue weighted by Crippen LogP contribution is -2.11. The van der Waals surface area contributed by atoms with E-state index in [2.05, 4.69) is 23.3 Å². The third kappa shape index (κ3) is 3.04. The standard InChI is InChI=1S/C11H13ClN2S2/c1-7-10(15-8(2)14-7)6-13-5-9-3-4-11(12)16-9/h3-4,13H,5-6H2,1-2H3. The zero-order chi connectivity index (χ0) is 11.5. The fourth-order valence-electron chi connectivity index (χ4n) is 1.48. The van der Waals surface area contributed by atoms with Crippen molar-refractivity contribution in [3.05, 3.63) is 36.9 Å². The molecule has 0 aliphatic rings. The summed E-state index contributed by atoms with van der Waals surface area (Å²) < 4.78 is 0.849. The van der Waals surface area contributed by atoms with Crippen LogP contribution in [0.5, 0.6) is 0 Å². The molecule has 2 nitrogen and oxygen atoms in total. The Bertz CT molecular complexity index is 476. The predicted octanol–water partition coefficient (Wildman–Crippen LogP) is 3.76. The average molecular weight is 273 g/mol. The molecule has 1 N–H and O–H groups in total. The van der Waals surface area contributed by atoms with Crippen LogP contribution in [-0.2, 0) is 13.1 Å². The minimum atomic E-state index is 0.849. The molecule has 16 heavy (non-hydrogen) atoms. The van der Waals surface area contributed by atoms with Gasteiger partial charge in [0.25, 0.3) is 0 Å². The van der Waals surface area contributed by atoms with Crippen molar-refractivity contribution in [2.45, 2.75) is 26.9 Å². The predicted molar refractivity (Wildman–Crippen MR) is 71.5 cm³/mol. The Kier molecular flexibility index (Phi) is 3.97. The van der Waals surface area contributed by atoms with Gasteiger partial charge in [-0.3, -0.25) is 0 Å². The second kappa shape index (κ2) is 5.27. The van der Waals surface area contributed by atoms with E-state index in [4.69, 9.17) is 11.6 Å². The molecule has 2 rings (SSSR count). The van der Waals surface area contributed by atoms with Gasteiger partial charge in [0.2, 0.25) is 0 Å². The molecule has 5 heteroatoms. The highest BCUT2D eigenvalue weighted by Gasteiger charge is 2.04. The number of aryl methyl sites for hydroxylation is 2. The normalized spacial score (nSPS) is 10.9. The molecule has 0 fully saturated rings. The molecule has 0 aromatic carbocycles. The van der Waals surface area contributed by atoms with Crippen molar-refractivity contribution in [3.63, 3.8) is 0 Å². The first-order valence-corrected chi connectivity index (χ1v) is 7.04. The van der Waals surface area contributed by atoms with E-state index in [1.807, 2.05) is 13.0 Å². The van der Waals surface area contributed by atoms with Crippen LogP contribution < -0.4 is 5.32 Å². The highest BCUT2D eigenvalue weighted by atomic mass is 35.5. The van der Waals surface area contributed by atoms with Crippen molar-refractivity contribution in [2.75, 3.05) is 0 Å². The van der Waals surface area contributed by atoms with E-state index in [1.54, 1.807) is 22.7 Å². The summed E-state index contributed by atoms with van der Waals surface area (Å²) in [7, 11) is 0. The van der Waals surface area contributed by atoms with E-state index in [-0.39, 0.29) is 0 Å². The molecular weight excluding hydrogens is 260 g/mol. The molecule has 2 heterocycles. The van der Waals surface area contributed by atoms with Crippen LogP contribution in [0.4, 0.5) is 0 Å². The zero-order valence-corrected chi connectivity index (χ0v) is 11.6. The molecule has 0 atom stereocenters. The van der Waals surface area contributed by atoms with Gasteiger partial charge in [0.1, 0.15) is 0 Å². The molecule has 0 saturated heterocycles. The first-order chi connectivity index (χ1) is 7.65. The highest BCUT2D eigenvalue weighted by molar-refractivity contribution is 7.16. The summed E-state index contributed by atoms with van der Waals surface area (Å²) in [6.07, 6.45) is 0. The van der Waals surface area contributed by atoms with Crippen molar-refractivity contribution < 1.29 is 0 Å². The maximum Gasteiger partial charge on any atom is 0.0931 e.